The molecule has 0 bridgehead atoms. The third-order valence-corrected chi connectivity index (χ3v) is 5.17. The molecular weight excluding hydrogens is 312 g/mol. The quantitative estimate of drug-likeness (QED) is 0.804. The van der Waals surface area contributed by atoms with Crippen LogP contribution in [0.1, 0.15) is 46.1 Å². The molecule has 0 aliphatic carbocycles. The second-order valence-electron chi connectivity index (χ2n) is 8.07. The summed E-state index contributed by atoms with van der Waals surface area (Å²) in [5, 5.41) is 12.2. The summed E-state index contributed by atoms with van der Waals surface area (Å²) in [4.78, 5) is 14.4. The third kappa shape index (κ3) is 5.89. The fourth-order valence-corrected chi connectivity index (χ4v) is 2.85. The minimum absolute atomic E-state index is 0.0163. The smallest absolute Gasteiger partial charge is 0.244 e. The molecule has 25 heavy (non-hydrogen) atoms. The van der Waals surface area contributed by atoms with E-state index in [1.165, 1.54) is 5.69 Å². The average molecular weight is 344 g/mol. The van der Waals surface area contributed by atoms with Gasteiger partial charge in [-0.1, -0.05) is 38.5 Å². The monoisotopic (exact) mass is 344 g/mol. The summed E-state index contributed by atoms with van der Waals surface area (Å²) in [6, 6.07) is 8.40. The molecule has 1 aromatic carbocycles. The number of hydrogen-bond donors (Lipinski definition) is 2. The Hall–Kier alpha value is -1.81. The maximum absolute atomic E-state index is 12.0. The van der Waals surface area contributed by atoms with E-state index in [4.69, 9.17) is 0 Å². The number of nitrogens with zero attached hydrogens (tertiary/aromatic N) is 1. The number of allylic oxidation sites excluding steroid dienone is 1. The van der Waals surface area contributed by atoms with Crippen LogP contribution >= 0.6 is 0 Å². The first kappa shape index (κ1) is 19.5. The molecule has 0 aromatic heterocycles. The first-order valence-corrected chi connectivity index (χ1v) is 9.21. The molecular formula is C21H32N2O2. The van der Waals surface area contributed by atoms with E-state index in [-0.39, 0.29) is 11.3 Å². The van der Waals surface area contributed by atoms with E-state index in [2.05, 4.69) is 55.3 Å². The molecule has 0 saturated carbocycles. The van der Waals surface area contributed by atoms with Crippen LogP contribution in [0.3, 0.4) is 0 Å². The van der Waals surface area contributed by atoms with Crippen LogP contribution in [0.2, 0.25) is 0 Å². The normalized spacial score (nSPS) is 16.8. The van der Waals surface area contributed by atoms with Gasteiger partial charge in [0.15, 0.2) is 0 Å². The number of aliphatic hydroxyl groups is 1. The van der Waals surface area contributed by atoms with Gasteiger partial charge in [-0.2, -0.15) is 0 Å². The summed E-state index contributed by atoms with van der Waals surface area (Å²) in [5.41, 5.74) is 3.41. The summed E-state index contributed by atoms with van der Waals surface area (Å²) in [6.45, 7) is 11.1. The van der Waals surface area contributed by atoms with Crippen LogP contribution in [0.25, 0.3) is 0 Å². The summed E-state index contributed by atoms with van der Waals surface area (Å²) in [5.74, 6) is 0.415. The van der Waals surface area contributed by atoms with Gasteiger partial charge in [-0.25, -0.2) is 0 Å². The zero-order valence-electron chi connectivity index (χ0n) is 16.0. The molecule has 1 saturated heterocycles. The minimum atomic E-state index is -0.0393. The Kier molecular flexibility index (Phi) is 6.65. The van der Waals surface area contributed by atoms with Crippen molar-refractivity contribution in [1.82, 2.24) is 5.32 Å². The van der Waals surface area contributed by atoms with E-state index in [0.717, 1.165) is 37.1 Å². The van der Waals surface area contributed by atoms with Crippen molar-refractivity contribution in [2.24, 2.45) is 11.3 Å². The van der Waals surface area contributed by atoms with Crippen LogP contribution < -0.4 is 10.2 Å². The lowest BCUT2D eigenvalue weighted by molar-refractivity contribution is -0.116. The van der Waals surface area contributed by atoms with E-state index in [1.807, 2.05) is 6.92 Å². The molecule has 4 nitrogen and oxygen atoms in total. The molecule has 0 radical (unpaired) electrons. The SMILES string of the molecule is CC(=CC(=O)NCc1ccc(N2CCC(CO)CC2)cc1)C(C)(C)C. The lowest BCUT2D eigenvalue weighted by Gasteiger charge is -2.33. The molecule has 0 spiro atoms. The van der Waals surface area contributed by atoms with Gasteiger partial charge in [0.05, 0.1) is 0 Å². The third-order valence-electron chi connectivity index (χ3n) is 5.17. The highest BCUT2D eigenvalue weighted by Gasteiger charge is 2.18. The van der Waals surface area contributed by atoms with Gasteiger partial charge in [-0.3, -0.25) is 4.79 Å². The van der Waals surface area contributed by atoms with Crippen molar-refractivity contribution < 1.29 is 9.90 Å². The molecule has 2 N–H and O–H groups in total. The standard InChI is InChI=1S/C21H32N2O2/c1-16(21(2,3)4)13-20(25)22-14-17-5-7-19(8-6-17)23-11-9-18(15-24)10-12-23/h5-8,13,18,24H,9-12,14-15H2,1-4H3,(H,22,25). The van der Waals surface area contributed by atoms with E-state index >= 15 is 0 Å². The predicted octanol–water partition coefficient (Wildman–Crippen LogP) is 3.50. The highest BCUT2D eigenvalue weighted by Crippen LogP contribution is 2.24. The Labute approximate surface area is 151 Å². The van der Waals surface area contributed by atoms with Crippen molar-refractivity contribution in [2.45, 2.75) is 47.1 Å². The Morgan fingerprint density at radius 3 is 2.36 bits per heavy atom. The highest BCUT2D eigenvalue weighted by atomic mass is 16.3. The number of benzene rings is 1. The van der Waals surface area contributed by atoms with Gasteiger partial charge in [0.2, 0.25) is 5.91 Å². The molecule has 1 heterocycles. The number of rotatable bonds is 5. The molecule has 1 amide bonds. The van der Waals surface area contributed by atoms with Gasteiger partial charge in [0.1, 0.15) is 0 Å². The predicted molar refractivity (Wildman–Crippen MR) is 104 cm³/mol. The van der Waals surface area contributed by atoms with Gasteiger partial charge in [-0.05, 0) is 48.8 Å². The summed E-state index contributed by atoms with van der Waals surface area (Å²) < 4.78 is 0. The Balaban J connectivity index is 1.86. The van der Waals surface area contributed by atoms with Crippen molar-refractivity contribution in [1.29, 1.82) is 0 Å². The molecule has 1 fully saturated rings. The number of hydrogen-bond acceptors (Lipinski definition) is 3. The molecule has 138 valence electrons. The second-order valence-corrected chi connectivity index (χ2v) is 8.07. The number of carbonyl (C=O) groups is 1. The fourth-order valence-electron chi connectivity index (χ4n) is 2.85. The van der Waals surface area contributed by atoms with Gasteiger partial charge < -0.3 is 15.3 Å². The lowest BCUT2D eigenvalue weighted by atomic mass is 9.87. The number of carbonyl (C=O) groups excluding carboxylic acids is 1. The number of aliphatic hydroxyl groups excluding tert-OH is 1. The van der Waals surface area contributed by atoms with E-state index < -0.39 is 0 Å². The van der Waals surface area contributed by atoms with Crippen molar-refractivity contribution in [2.75, 3.05) is 24.6 Å². The minimum Gasteiger partial charge on any atom is -0.396 e. The maximum Gasteiger partial charge on any atom is 0.244 e. The maximum atomic E-state index is 12.0. The van der Waals surface area contributed by atoms with Crippen LogP contribution in [-0.4, -0.2) is 30.7 Å². The zero-order chi connectivity index (χ0) is 18.4. The fraction of sp³-hybridized carbons (Fsp3) is 0.571. The second kappa shape index (κ2) is 8.52. The summed E-state index contributed by atoms with van der Waals surface area (Å²) in [6.07, 6.45) is 3.79. The van der Waals surface area contributed by atoms with Crippen molar-refractivity contribution in [3.05, 3.63) is 41.5 Å². The molecule has 0 unspecified atom stereocenters. The highest BCUT2D eigenvalue weighted by molar-refractivity contribution is 5.88. The average Bonchev–Trinajstić information content (AvgIpc) is 2.59. The molecule has 2 rings (SSSR count). The largest absolute Gasteiger partial charge is 0.396 e. The van der Waals surface area contributed by atoms with E-state index in [0.29, 0.717) is 19.1 Å². The molecule has 1 aliphatic heterocycles. The van der Waals surface area contributed by atoms with Gasteiger partial charge in [0.25, 0.3) is 0 Å². The van der Waals surface area contributed by atoms with Crippen LogP contribution in [-0.2, 0) is 11.3 Å². The lowest BCUT2D eigenvalue weighted by Crippen LogP contribution is -2.34. The van der Waals surface area contributed by atoms with Crippen LogP contribution in [0.4, 0.5) is 5.69 Å². The van der Waals surface area contributed by atoms with Crippen LogP contribution in [0, 0.1) is 11.3 Å². The summed E-state index contributed by atoms with van der Waals surface area (Å²) in [7, 11) is 0. The molecule has 0 atom stereocenters. The number of anilines is 1. The first-order valence-electron chi connectivity index (χ1n) is 9.21. The van der Waals surface area contributed by atoms with Crippen LogP contribution in [0.5, 0.6) is 0 Å². The van der Waals surface area contributed by atoms with Gasteiger partial charge >= 0.3 is 0 Å². The van der Waals surface area contributed by atoms with E-state index in [9.17, 15) is 9.90 Å². The summed E-state index contributed by atoms with van der Waals surface area (Å²) >= 11 is 0. The van der Waals surface area contributed by atoms with Crippen molar-refractivity contribution >= 4 is 11.6 Å². The Morgan fingerprint density at radius 2 is 1.84 bits per heavy atom. The number of amides is 1. The Morgan fingerprint density at radius 1 is 1.24 bits per heavy atom. The van der Waals surface area contributed by atoms with Crippen molar-refractivity contribution in [3.63, 3.8) is 0 Å². The van der Waals surface area contributed by atoms with Crippen molar-refractivity contribution in [3.8, 4) is 0 Å². The Bertz CT molecular complexity index is 591. The number of nitrogens with one attached hydrogen (secondary N) is 1. The van der Waals surface area contributed by atoms with Crippen LogP contribution in [0.15, 0.2) is 35.9 Å². The zero-order valence-corrected chi connectivity index (χ0v) is 16.0. The molecule has 1 aliphatic rings. The topological polar surface area (TPSA) is 52.6 Å². The molecule has 1 aromatic rings. The molecule has 4 heteroatoms. The van der Waals surface area contributed by atoms with Gasteiger partial charge in [-0.15, -0.1) is 0 Å². The number of piperidine rings is 1. The van der Waals surface area contributed by atoms with E-state index in [1.54, 1.807) is 6.08 Å². The first-order chi connectivity index (χ1) is 11.8. The van der Waals surface area contributed by atoms with Gasteiger partial charge in [0, 0.05) is 38.0 Å².